The molecular formula is C12H12O3S. The van der Waals surface area contributed by atoms with Crippen LogP contribution in [0.4, 0.5) is 0 Å². The Morgan fingerprint density at radius 1 is 1.25 bits per heavy atom. The van der Waals surface area contributed by atoms with E-state index in [0.717, 1.165) is 5.56 Å². The third-order valence-corrected chi connectivity index (χ3v) is 3.75. The lowest BCUT2D eigenvalue weighted by Crippen LogP contribution is -2.17. The smallest absolute Gasteiger partial charge is 0.347 e. The molecule has 1 aliphatic heterocycles. The van der Waals surface area contributed by atoms with Crippen LogP contribution in [0.25, 0.3) is 0 Å². The molecule has 0 bridgehead atoms. The van der Waals surface area contributed by atoms with Crippen molar-refractivity contribution in [3.63, 3.8) is 0 Å². The van der Waals surface area contributed by atoms with Crippen LogP contribution in [0.5, 0.6) is 0 Å². The highest BCUT2D eigenvalue weighted by atomic mass is 32.2. The van der Waals surface area contributed by atoms with E-state index in [1.54, 1.807) is 18.2 Å². The average Bonchev–Trinajstić information content (AvgIpc) is 2.30. The molecule has 0 spiro atoms. The van der Waals surface area contributed by atoms with Crippen LogP contribution in [-0.4, -0.2) is 16.8 Å². The maximum absolute atomic E-state index is 12.1. The normalized spacial score (nSPS) is 17.6. The van der Waals surface area contributed by atoms with Crippen molar-refractivity contribution in [3.05, 3.63) is 40.8 Å². The Balaban J connectivity index is 2.28. The molecule has 1 aliphatic rings. The van der Waals surface area contributed by atoms with Gasteiger partial charge < -0.3 is 4.74 Å². The highest BCUT2D eigenvalue weighted by Crippen LogP contribution is 2.19. The summed E-state index contributed by atoms with van der Waals surface area (Å²) in [6.07, 6.45) is 2.33. The number of cyclic esters (lactones) is 1. The molecule has 0 unspecified atom stereocenters. The minimum Gasteiger partial charge on any atom is -0.461 e. The second kappa shape index (κ2) is 4.61. The van der Waals surface area contributed by atoms with Crippen molar-refractivity contribution in [2.75, 3.05) is 6.61 Å². The quantitative estimate of drug-likeness (QED) is 0.737. The van der Waals surface area contributed by atoms with Crippen molar-refractivity contribution in [1.82, 2.24) is 0 Å². The lowest BCUT2D eigenvalue weighted by Gasteiger charge is -2.12. The fourth-order valence-electron chi connectivity index (χ4n) is 1.44. The van der Waals surface area contributed by atoms with Crippen molar-refractivity contribution >= 4 is 16.8 Å². The monoisotopic (exact) mass is 236 g/mol. The van der Waals surface area contributed by atoms with Gasteiger partial charge in [-0.15, -0.1) is 0 Å². The van der Waals surface area contributed by atoms with Gasteiger partial charge in [-0.05, 0) is 19.1 Å². The van der Waals surface area contributed by atoms with E-state index in [9.17, 15) is 9.00 Å². The first-order chi connectivity index (χ1) is 7.68. The van der Waals surface area contributed by atoms with Gasteiger partial charge in [-0.2, -0.15) is 0 Å². The molecule has 1 heterocycles. The molecule has 84 valence electrons. The molecule has 1 atom stereocenters. The maximum Gasteiger partial charge on any atom is 0.347 e. The number of hydrogen-bond donors (Lipinski definition) is 0. The summed E-state index contributed by atoms with van der Waals surface area (Å²) >= 11 is 0. The Morgan fingerprint density at radius 3 is 2.56 bits per heavy atom. The summed E-state index contributed by atoms with van der Waals surface area (Å²) in [7, 11) is -1.42. The van der Waals surface area contributed by atoms with Gasteiger partial charge in [0.25, 0.3) is 0 Å². The molecule has 2 rings (SSSR count). The van der Waals surface area contributed by atoms with Gasteiger partial charge in [0.05, 0.1) is 17.4 Å². The third-order valence-electron chi connectivity index (χ3n) is 2.32. The summed E-state index contributed by atoms with van der Waals surface area (Å²) < 4.78 is 16.9. The molecule has 1 aromatic rings. The van der Waals surface area contributed by atoms with Crippen molar-refractivity contribution < 1.29 is 13.7 Å². The number of aryl methyl sites for hydroxylation is 1. The number of hydrogen-bond acceptors (Lipinski definition) is 3. The predicted molar refractivity (Wildman–Crippen MR) is 61.2 cm³/mol. The summed E-state index contributed by atoms with van der Waals surface area (Å²) in [5, 5.41) is 0. The van der Waals surface area contributed by atoms with Gasteiger partial charge in [-0.3, -0.25) is 0 Å². The van der Waals surface area contributed by atoms with E-state index in [-0.39, 0.29) is 4.91 Å². The number of benzene rings is 1. The molecule has 1 aromatic carbocycles. The minimum absolute atomic E-state index is 0.259. The zero-order chi connectivity index (χ0) is 11.5. The summed E-state index contributed by atoms with van der Waals surface area (Å²) in [6, 6.07) is 7.30. The Labute approximate surface area is 96.6 Å². The molecule has 0 radical (unpaired) electrons. The first-order valence-electron chi connectivity index (χ1n) is 5.04. The second-order valence-corrected chi connectivity index (χ2v) is 5.02. The first kappa shape index (κ1) is 11.1. The van der Waals surface area contributed by atoms with Crippen LogP contribution in [0.2, 0.25) is 0 Å². The zero-order valence-corrected chi connectivity index (χ0v) is 9.75. The zero-order valence-electron chi connectivity index (χ0n) is 8.93. The van der Waals surface area contributed by atoms with Gasteiger partial charge in [-0.1, -0.05) is 23.8 Å². The fraction of sp³-hybridized carbons (Fsp3) is 0.250. The topological polar surface area (TPSA) is 43.4 Å². The molecule has 3 nitrogen and oxygen atoms in total. The van der Waals surface area contributed by atoms with Gasteiger partial charge in [0.15, 0.2) is 0 Å². The van der Waals surface area contributed by atoms with Gasteiger partial charge in [-0.25, -0.2) is 9.00 Å². The molecule has 0 fully saturated rings. The Kier molecular flexibility index (Phi) is 3.19. The molecule has 4 heteroatoms. The van der Waals surface area contributed by atoms with Crippen molar-refractivity contribution in [2.45, 2.75) is 18.2 Å². The van der Waals surface area contributed by atoms with Crippen LogP contribution >= 0.6 is 0 Å². The van der Waals surface area contributed by atoms with Crippen LogP contribution in [0.3, 0.4) is 0 Å². The van der Waals surface area contributed by atoms with Crippen molar-refractivity contribution in [3.8, 4) is 0 Å². The van der Waals surface area contributed by atoms with Crippen LogP contribution in [0, 0.1) is 6.92 Å². The molecular weight excluding hydrogens is 224 g/mol. The SMILES string of the molecule is Cc1ccc([S@](=O)C2=CCCOC2=O)cc1. The van der Waals surface area contributed by atoms with Crippen LogP contribution in [0.15, 0.2) is 40.1 Å². The Morgan fingerprint density at radius 2 is 1.94 bits per heavy atom. The van der Waals surface area contributed by atoms with E-state index in [1.807, 2.05) is 19.1 Å². The molecule has 0 aliphatic carbocycles. The first-order valence-corrected chi connectivity index (χ1v) is 6.19. The summed E-state index contributed by atoms with van der Waals surface area (Å²) in [6.45, 7) is 2.34. The summed E-state index contributed by atoms with van der Waals surface area (Å²) in [4.78, 5) is 12.3. The molecule has 0 N–H and O–H groups in total. The van der Waals surface area contributed by atoms with E-state index in [0.29, 0.717) is 17.9 Å². The van der Waals surface area contributed by atoms with E-state index in [4.69, 9.17) is 4.74 Å². The Hall–Kier alpha value is -1.42. The standard InChI is InChI=1S/C12H12O3S/c1-9-4-6-10(7-5-9)16(14)11-3-2-8-15-12(11)13/h3-7H,2,8H2,1H3/t16-/m0/s1. The highest BCUT2D eigenvalue weighted by molar-refractivity contribution is 7.90. The lowest BCUT2D eigenvalue weighted by molar-refractivity contribution is -0.138. The summed E-state index contributed by atoms with van der Waals surface area (Å²) in [5.41, 5.74) is 1.10. The van der Waals surface area contributed by atoms with Crippen LogP contribution < -0.4 is 0 Å². The number of carbonyl (C=O) groups is 1. The van der Waals surface area contributed by atoms with Gasteiger partial charge in [0.1, 0.15) is 4.91 Å². The van der Waals surface area contributed by atoms with E-state index < -0.39 is 16.8 Å². The number of esters is 1. The highest BCUT2D eigenvalue weighted by Gasteiger charge is 2.22. The van der Waals surface area contributed by atoms with Crippen molar-refractivity contribution in [2.24, 2.45) is 0 Å². The van der Waals surface area contributed by atoms with E-state index in [2.05, 4.69) is 0 Å². The molecule has 0 saturated heterocycles. The minimum atomic E-state index is -1.42. The Bertz CT molecular complexity index is 460. The summed E-state index contributed by atoms with van der Waals surface area (Å²) in [5.74, 6) is -0.467. The van der Waals surface area contributed by atoms with Crippen LogP contribution in [0.1, 0.15) is 12.0 Å². The van der Waals surface area contributed by atoms with Gasteiger partial charge in [0, 0.05) is 11.3 Å². The molecule has 16 heavy (non-hydrogen) atoms. The predicted octanol–water partition coefficient (Wildman–Crippen LogP) is 1.93. The maximum atomic E-state index is 12.1. The molecule has 0 aromatic heterocycles. The molecule has 0 saturated carbocycles. The van der Waals surface area contributed by atoms with Crippen molar-refractivity contribution in [1.29, 1.82) is 0 Å². The molecule has 0 amide bonds. The largest absolute Gasteiger partial charge is 0.461 e. The average molecular weight is 236 g/mol. The second-order valence-electron chi connectivity index (χ2n) is 3.57. The van der Waals surface area contributed by atoms with Gasteiger partial charge >= 0.3 is 5.97 Å². The third kappa shape index (κ3) is 2.22. The van der Waals surface area contributed by atoms with Crippen LogP contribution in [-0.2, 0) is 20.3 Å². The number of ether oxygens (including phenoxy) is 1. The fourth-order valence-corrected chi connectivity index (χ4v) is 2.55. The van der Waals surface area contributed by atoms with E-state index >= 15 is 0 Å². The van der Waals surface area contributed by atoms with E-state index in [1.165, 1.54) is 0 Å². The number of rotatable bonds is 2. The lowest BCUT2D eigenvalue weighted by atomic mass is 10.2. The number of carbonyl (C=O) groups excluding carboxylic acids is 1. The van der Waals surface area contributed by atoms with Gasteiger partial charge in [0.2, 0.25) is 0 Å².